The van der Waals surface area contributed by atoms with Crippen molar-refractivity contribution in [2.24, 2.45) is 29.1 Å². The van der Waals surface area contributed by atoms with Crippen LogP contribution in [0.4, 0.5) is 0 Å². The minimum Gasteiger partial charge on any atom is -0.497 e. The van der Waals surface area contributed by atoms with E-state index in [2.05, 4.69) is 24.5 Å². The molecule has 0 aromatic heterocycles. The number of amides is 2. The van der Waals surface area contributed by atoms with Gasteiger partial charge >= 0.3 is 0 Å². The molecule has 2 aliphatic rings. The smallest absolute Gasteiger partial charge is 0.246 e. The summed E-state index contributed by atoms with van der Waals surface area (Å²) in [5.41, 5.74) is 1.03. The molecule has 2 amide bonds. The summed E-state index contributed by atoms with van der Waals surface area (Å²) in [5.74, 6) is 0.392. The summed E-state index contributed by atoms with van der Waals surface area (Å²) in [6.45, 7) is 6.79. The Morgan fingerprint density at radius 2 is 1.85 bits per heavy atom. The summed E-state index contributed by atoms with van der Waals surface area (Å²) >= 11 is 0. The molecule has 0 saturated heterocycles. The Balaban J connectivity index is 1.64. The molecule has 0 bridgehead atoms. The summed E-state index contributed by atoms with van der Waals surface area (Å²) < 4.78 is 10.1. The Bertz CT molecular complexity index is 813. The van der Waals surface area contributed by atoms with Crippen LogP contribution in [0.3, 0.4) is 0 Å². The quantitative estimate of drug-likeness (QED) is 0.554. The number of methoxy groups -OCH3 is 2. The number of carbonyl (C=O) groups is 2. The Morgan fingerprint density at radius 1 is 1.18 bits per heavy atom. The second-order valence-corrected chi connectivity index (χ2v) is 10.2. The van der Waals surface area contributed by atoms with Crippen molar-refractivity contribution in [3.05, 3.63) is 29.8 Å². The van der Waals surface area contributed by atoms with Crippen LogP contribution in [-0.4, -0.2) is 49.9 Å². The van der Waals surface area contributed by atoms with Crippen molar-refractivity contribution in [2.45, 2.75) is 65.1 Å². The van der Waals surface area contributed by atoms with E-state index in [9.17, 15) is 14.7 Å². The van der Waals surface area contributed by atoms with Gasteiger partial charge in [-0.05, 0) is 66.5 Å². The minimum absolute atomic E-state index is 0.0123. The number of fused-ring (bicyclic) bond motifs is 1. The zero-order valence-corrected chi connectivity index (χ0v) is 20.6. The Labute approximate surface area is 197 Å². The number of nitrogens with one attached hydrogen (secondary N) is 2. The SMILES string of the molecule is COCC(=O)N[C@H]1CC[C@@]2(C)CC[C@@H]([C@H](C)C(=O)NCc3ccc(OC)cc3)[C@H](O)[C@H]2[C@H]1C. The molecule has 0 heterocycles. The molecule has 7 nitrogen and oxygen atoms in total. The fourth-order valence-corrected chi connectivity index (χ4v) is 6.17. The highest BCUT2D eigenvalue weighted by Gasteiger charge is 2.53. The average molecular weight is 461 g/mol. The van der Waals surface area contributed by atoms with E-state index in [-0.39, 0.29) is 53.5 Å². The van der Waals surface area contributed by atoms with Gasteiger partial charge in [-0.25, -0.2) is 0 Å². The van der Waals surface area contributed by atoms with Crippen LogP contribution in [0.25, 0.3) is 0 Å². The Hall–Kier alpha value is -2.12. The van der Waals surface area contributed by atoms with Crippen LogP contribution >= 0.6 is 0 Å². The second-order valence-electron chi connectivity index (χ2n) is 10.2. The predicted octanol–water partition coefficient (Wildman–Crippen LogP) is 2.90. The number of benzene rings is 1. The number of hydrogen-bond donors (Lipinski definition) is 3. The van der Waals surface area contributed by atoms with Crippen LogP contribution in [0, 0.1) is 29.1 Å². The molecule has 184 valence electrons. The summed E-state index contributed by atoms with van der Waals surface area (Å²) in [4.78, 5) is 25.1. The van der Waals surface area contributed by atoms with Gasteiger partial charge in [-0.3, -0.25) is 9.59 Å². The first-order chi connectivity index (χ1) is 15.7. The standard InChI is InChI=1S/C26H40N2O5/c1-16(25(31)27-14-18-6-8-19(33-5)9-7-18)20-10-12-26(3)13-11-21(28-22(29)15-32-4)17(2)23(26)24(20)30/h6-9,16-17,20-21,23-24,30H,10-15H2,1-5H3,(H,27,31)(H,28,29)/t16-,17-,20-,21-,23+,24-,26+/m0/s1. The fourth-order valence-electron chi connectivity index (χ4n) is 6.17. The van der Waals surface area contributed by atoms with E-state index in [1.54, 1.807) is 7.11 Å². The molecular weight excluding hydrogens is 420 g/mol. The molecule has 0 unspecified atom stereocenters. The number of rotatable bonds is 8. The monoisotopic (exact) mass is 460 g/mol. The number of ether oxygens (including phenoxy) is 2. The van der Waals surface area contributed by atoms with Gasteiger partial charge in [-0.2, -0.15) is 0 Å². The van der Waals surface area contributed by atoms with E-state index in [1.165, 1.54) is 7.11 Å². The summed E-state index contributed by atoms with van der Waals surface area (Å²) in [7, 11) is 3.14. The summed E-state index contributed by atoms with van der Waals surface area (Å²) in [6, 6.07) is 7.64. The minimum atomic E-state index is -0.581. The molecule has 2 aliphatic carbocycles. The third-order valence-corrected chi connectivity index (χ3v) is 8.19. The summed E-state index contributed by atoms with van der Waals surface area (Å²) in [6.07, 6.45) is 3.10. The Kier molecular flexibility index (Phi) is 8.40. The molecule has 7 atom stereocenters. The lowest BCUT2D eigenvalue weighted by Gasteiger charge is -2.56. The lowest BCUT2D eigenvalue weighted by molar-refractivity contribution is -0.144. The molecule has 2 saturated carbocycles. The van der Waals surface area contributed by atoms with Crippen molar-refractivity contribution in [3.8, 4) is 5.75 Å². The molecule has 7 heteroatoms. The van der Waals surface area contributed by atoms with Gasteiger partial charge in [-0.15, -0.1) is 0 Å². The number of carbonyl (C=O) groups excluding carboxylic acids is 2. The highest BCUT2D eigenvalue weighted by Crippen LogP contribution is 2.55. The van der Waals surface area contributed by atoms with Crippen LogP contribution in [-0.2, 0) is 20.9 Å². The average Bonchev–Trinajstić information content (AvgIpc) is 2.79. The predicted molar refractivity (Wildman–Crippen MR) is 127 cm³/mol. The lowest BCUT2D eigenvalue weighted by atomic mass is 9.51. The van der Waals surface area contributed by atoms with Crippen molar-refractivity contribution < 1.29 is 24.2 Å². The van der Waals surface area contributed by atoms with E-state index < -0.39 is 6.10 Å². The first-order valence-electron chi connectivity index (χ1n) is 12.1. The third kappa shape index (κ3) is 5.69. The molecule has 1 aromatic rings. The molecule has 2 fully saturated rings. The van der Waals surface area contributed by atoms with Gasteiger partial charge in [0.2, 0.25) is 11.8 Å². The molecule has 0 aliphatic heterocycles. The van der Waals surface area contributed by atoms with Gasteiger partial charge in [-0.1, -0.05) is 32.9 Å². The third-order valence-electron chi connectivity index (χ3n) is 8.19. The zero-order chi connectivity index (χ0) is 24.2. The van der Waals surface area contributed by atoms with Gasteiger partial charge in [0.05, 0.1) is 13.2 Å². The van der Waals surface area contributed by atoms with Gasteiger partial charge in [0.1, 0.15) is 12.4 Å². The molecule has 0 radical (unpaired) electrons. The number of aliphatic hydroxyl groups is 1. The van der Waals surface area contributed by atoms with Gasteiger partial charge in [0, 0.05) is 25.6 Å². The first kappa shape index (κ1) is 25.5. The van der Waals surface area contributed by atoms with E-state index >= 15 is 0 Å². The molecule has 33 heavy (non-hydrogen) atoms. The summed E-state index contributed by atoms with van der Waals surface area (Å²) in [5, 5.41) is 17.6. The van der Waals surface area contributed by atoms with Gasteiger partial charge < -0.3 is 25.2 Å². The zero-order valence-electron chi connectivity index (χ0n) is 20.6. The van der Waals surface area contributed by atoms with Crippen molar-refractivity contribution in [1.29, 1.82) is 0 Å². The maximum Gasteiger partial charge on any atom is 0.246 e. The fraction of sp³-hybridized carbons (Fsp3) is 0.692. The van der Waals surface area contributed by atoms with Crippen LogP contribution in [0.1, 0.15) is 52.0 Å². The molecular formula is C26H40N2O5. The van der Waals surface area contributed by atoms with Crippen LogP contribution in [0.15, 0.2) is 24.3 Å². The molecule has 3 rings (SSSR count). The van der Waals surface area contributed by atoms with E-state index in [0.717, 1.165) is 37.0 Å². The van der Waals surface area contributed by atoms with Crippen LogP contribution < -0.4 is 15.4 Å². The molecule has 0 spiro atoms. The van der Waals surface area contributed by atoms with Crippen molar-refractivity contribution in [1.82, 2.24) is 10.6 Å². The van der Waals surface area contributed by atoms with E-state index in [0.29, 0.717) is 6.54 Å². The van der Waals surface area contributed by atoms with Crippen LogP contribution in [0.5, 0.6) is 5.75 Å². The van der Waals surface area contributed by atoms with E-state index in [4.69, 9.17) is 9.47 Å². The van der Waals surface area contributed by atoms with Crippen molar-refractivity contribution in [3.63, 3.8) is 0 Å². The lowest BCUT2D eigenvalue weighted by Crippen LogP contribution is -2.58. The molecule has 3 N–H and O–H groups in total. The van der Waals surface area contributed by atoms with Gasteiger partial charge in [0.25, 0.3) is 0 Å². The Morgan fingerprint density at radius 3 is 2.48 bits per heavy atom. The van der Waals surface area contributed by atoms with Crippen LogP contribution in [0.2, 0.25) is 0 Å². The normalized spacial score (nSPS) is 32.4. The number of hydrogen-bond acceptors (Lipinski definition) is 5. The molecule has 1 aromatic carbocycles. The van der Waals surface area contributed by atoms with Gasteiger partial charge in [0.15, 0.2) is 0 Å². The first-order valence-corrected chi connectivity index (χ1v) is 12.1. The largest absolute Gasteiger partial charge is 0.497 e. The van der Waals surface area contributed by atoms with Crippen molar-refractivity contribution in [2.75, 3.05) is 20.8 Å². The maximum absolute atomic E-state index is 13.0. The second kappa shape index (κ2) is 10.9. The number of aliphatic hydroxyl groups excluding tert-OH is 1. The highest BCUT2D eigenvalue weighted by atomic mass is 16.5. The van der Waals surface area contributed by atoms with E-state index in [1.807, 2.05) is 31.2 Å². The topological polar surface area (TPSA) is 96.9 Å². The highest BCUT2D eigenvalue weighted by molar-refractivity contribution is 5.78. The van der Waals surface area contributed by atoms with Crippen molar-refractivity contribution >= 4 is 11.8 Å². The maximum atomic E-state index is 13.0.